The Bertz CT molecular complexity index is 1160. The molecule has 4 heteroatoms. The highest BCUT2D eigenvalue weighted by Crippen LogP contribution is 2.36. The molecule has 0 radical (unpaired) electrons. The fourth-order valence-corrected chi connectivity index (χ4v) is 4.19. The first-order valence-electron chi connectivity index (χ1n) is 9.80. The normalized spacial score (nSPS) is 17.9. The van der Waals surface area contributed by atoms with Crippen molar-refractivity contribution in [3.63, 3.8) is 0 Å². The monoisotopic (exact) mass is 369 g/mol. The van der Waals surface area contributed by atoms with Gasteiger partial charge in [-0.25, -0.2) is 4.98 Å². The molecule has 140 valence electrons. The van der Waals surface area contributed by atoms with Crippen LogP contribution in [-0.4, -0.2) is 22.4 Å². The highest BCUT2D eigenvalue weighted by atomic mass is 16.1. The van der Waals surface area contributed by atoms with E-state index >= 15 is 0 Å². The van der Waals surface area contributed by atoms with Crippen LogP contribution in [0, 0.1) is 0 Å². The van der Waals surface area contributed by atoms with Crippen molar-refractivity contribution < 1.29 is 4.79 Å². The van der Waals surface area contributed by atoms with E-state index in [1.165, 1.54) is 5.57 Å². The summed E-state index contributed by atoms with van der Waals surface area (Å²) in [6.45, 7) is 5.00. The van der Waals surface area contributed by atoms with Gasteiger partial charge in [-0.15, -0.1) is 0 Å². The summed E-state index contributed by atoms with van der Waals surface area (Å²) in [5.74, 6) is 0.0137. The van der Waals surface area contributed by atoms with Gasteiger partial charge in [-0.3, -0.25) is 4.79 Å². The van der Waals surface area contributed by atoms with Crippen molar-refractivity contribution >= 4 is 22.5 Å². The molecule has 0 bridgehead atoms. The number of amides is 1. The van der Waals surface area contributed by atoms with Crippen LogP contribution in [0.25, 0.3) is 27.7 Å². The van der Waals surface area contributed by atoms with E-state index in [-0.39, 0.29) is 11.3 Å². The second-order valence-electron chi connectivity index (χ2n) is 8.29. The van der Waals surface area contributed by atoms with Crippen LogP contribution in [0.15, 0.2) is 54.9 Å². The van der Waals surface area contributed by atoms with Crippen molar-refractivity contribution in [1.82, 2.24) is 15.3 Å². The van der Waals surface area contributed by atoms with Gasteiger partial charge < -0.3 is 10.3 Å². The molecule has 0 saturated carbocycles. The van der Waals surface area contributed by atoms with Crippen LogP contribution in [0.5, 0.6) is 0 Å². The number of carbonyl (C=O) groups excluding carboxylic acids is 1. The molecule has 1 aromatic carbocycles. The van der Waals surface area contributed by atoms with E-state index < -0.39 is 0 Å². The Kier molecular flexibility index (Phi) is 3.76. The summed E-state index contributed by atoms with van der Waals surface area (Å²) in [6.07, 6.45) is 12.8. The van der Waals surface area contributed by atoms with Gasteiger partial charge in [0.05, 0.1) is 0 Å². The number of fused-ring (bicyclic) bond motifs is 2. The molecule has 2 aliphatic rings. The van der Waals surface area contributed by atoms with E-state index in [0.29, 0.717) is 6.54 Å². The van der Waals surface area contributed by atoms with Gasteiger partial charge in [0.2, 0.25) is 0 Å². The molecule has 0 fully saturated rings. The SMILES string of the molecule is CC1(C)CNC(=O)c2ccc(-c3c[nH]c4ncc(C5=CCCC=C5)cc34)cc21. The van der Waals surface area contributed by atoms with E-state index in [1.807, 2.05) is 24.5 Å². The van der Waals surface area contributed by atoms with Crippen LogP contribution >= 0.6 is 0 Å². The quantitative estimate of drug-likeness (QED) is 0.669. The van der Waals surface area contributed by atoms with Gasteiger partial charge >= 0.3 is 0 Å². The average molecular weight is 369 g/mol. The Morgan fingerprint density at radius 3 is 2.79 bits per heavy atom. The zero-order valence-corrected chi connectivity index (χ0v) is 16.2. The Hall–Kier alpha value is -3.14. The van der Waals surface area contributed by atoms with Gasteiger partial charge in [0, 0.05) is 46.4 Å². The second-order valence-corrected chi connectivity index (χ2v) is 8.29. The fraction of sp³-hybridized carbons (Fsp3) is 0.250. The maximum atomic E-state index is 12.3. The Balaban J connectivity index is 1.65. The molecule has 0 spiro atoms. The zero-order valence-electron chi connectivity index (χ0n) is 16.2. The van der Waals surface area contributed by atoms with Crippen LogP contribution in [0.1, 0.15) is 48.2 Å². The van der Waals surface area contributed by atoms with Crippen molar-refractivity contribution in [3.05, 3.63) is 71.6 Å². The summed E-state index contributed by atoms with van der Waals surface area (Å²) in [6, 6.07) is 8.37. The number of H-pyrrole nitrogens is 1. The third kappa shape index (κ3) is 2.68. The number of allylic oxidation sites excluding steroid dienone is 4. The van der Waals surface area contributed by atoms with Gasteiger partial charge in [-0.05, 0) is 47.7 Å². The van der Waals surface area contributed by atoms with Crippen molar-refractivity contribution in [3.8, 4) is 11.1 Å². The van der Waals surface area contributed by atoms with E-state index in [0.717, 1.165) is 51.7 Å². The molecule has 1 aliphatic carbocycles. The Labute approximate surface area is 164 Å². The lowest BCUT2D eigenvalue weighted by Gasteiger charge is -2.32. The molecule has 0 atom stereocenters. The molecular weight excluding hydrogens is 346 g/mol. The maximum Gasteiger partial charge on any atom is 0.251 e. The number of rotatable bonds is 2. The summed E-state index contributed by atoms with van der Waals surface area (Å²) in [4.78, 5) is 20.2. The molecule has 1 aliphatic heterocycles. The predicted octanol–water partition coefficient (Wildman–Crippen LogP) is 4.98. The molecule has 2 aromatic heterocycles. The van der Waals surface area contributed by atoms with Crippen molar-refractivity contribution in [2.45, 2.75) is 32.1 Å². The van der Waals surface area contributed by atoms with Gasteiger partial charge in [-0.1, -0.05) is 38.1 Å². The third-order valence-electron chi connectivity index (χ3n) is 5.85. The standard InChI is InChI=1S/C24H23N3O/c1-24(2)14-27-23(28)18-9-8-16(11-21(18)24)20-13-26-22-19(20)10-17(12-25-22)15-6-4-3-5-7-15/h4,6-13H,3,5,14H2,1-2H3,(H,25,26)(H,27,28). The van der Waals surface area contributed by atoms with Gasteiger partial charge in [0.1, 0.15) is 5.65 Å². The van der Waals surface area contributed by atoms with E-state index in [2.05, 4.69) is 59.5 Å². The molecule has 0 unspecified atom stereocenters. The second kappa shape index (κ2) is 6.20. The van der Waals surface area contributed by atoms with Gasteiger partial charge in [0.25, 0.3) is 5.91 Å². The lowest BCUT2D eigenvalue weighted by atomic mass is 9.78. The van der Waals surface area contributed by atoms with Gasteiger partial charge in [-0.2, -0.15) is 0 Å². The number of hydrogen-bond donors (Lipinski definition) is 2. The number of aromatic nitrogens is 2. The topological polar surface area (TPSA) is 57.8 Å². The highest BCUT2D eigenvalue weighted by molar-refractivity contribution is 6.00. The maximum absolute atomic E-state index is 12.3. The highest BCUT2D eigenvalue weighted by Gasteiger charge is 2.31. The van der Waals surface area contributed by atoms with E-state index in [1.54, 1.807) is 0 Å². The number of hydrogen-bond acceptors (Lipinski definition) is 2. The molecule has 2 N–H and O–H groups in total. The number of benzene rings is 1. The lowest BCUT2D eigenvalue weighted by Crippen LogP contribution is -2.43. The number of nitrogens with one attached hydrogen (secondary N) is 2. The van der Waals surface area contributed by atoms with Crippen LogP contribution in [0.4, 0.5) is 0 Å². The van der Waals surface area contributed by atoms with Crippen molar-refractivity contribution in [2.24, 2.45) is 0 Å². The Morgan fingerprint density at radius 2 is 1.96 bits per heavy atom. The molecular formula is C24H23N3O. The summed E-state index contributed by atoms with van der Waals surface area (Å²) < 4.78 is 0. The van der Waals surface area contributed by atoms with Crippen LogP contribution in [-0.2, 0) is 5.41 Å². The first kappa shape index (κ1) is 17.0. The number of aromatic amines is 1. The van der Waals surface area contributed by atoms with Gasteiger partial charge in [0.15, 0.2) is 0 Å². The van der Waals surface area contributed by atoms with Crippen LogP contribution in [0.2, 0.25) is 0 Å². The zero-order chi connectivity index (χ0) is 19.3. The molecule has 4 nitrogen and oxygen atoms in total. The summed E-state index contributed by atoms with van der Waals surface area (Å²) in [5, 5.41) is 4.10. The first-order valence-corrected chi connectivity index (χ1v) is 9.80. The minimum atomic E-state index is -0.0908. The largest absolute Gasteiger partial charge is 0.351 e. The smallest absolute Gasteiger partial charge is 0.251 e. The molecule has 5 rings (SSSR count). The lowest BCUT2D eigenvalue weighted by molar-refractivity contribution is 0.0930. The summed E-state index contributed by atoms with van der Waals surface area (Å²) in [5.41, 5.74) is 7.27. The molecule has 28 heavy (non-hydrogen) atoms. The van der Waals surface area contributed by atoms with Crippen LogP contribution < -0.4 is 5.32 Å². The number of carbonyl (C=O) groups is 1. The summed E-state index contributed by atoms with van der Waals surface area (Å²) >= 11 is 0. The van der Waals surface area contributed by atoms with E-state index in [4.69, 9.17) is 0 Å². The van der Waals surface area contributed by atoms with E-state index in [9.17, 15) is 4.79 Å². The van der Waals surface area contributed by atoms with Crippen molar-refractivity contribution in [2.75, 3.05) is 6.54 Å². The number of pyridine rings is 1. The number of nitrogens with zero attached hydrogens (tertiary/aromatic N) is 1. The average Bonchev–Trinajstić information content (AvgIpc) is 3.15. The van der Waals surface area contributed by atoms with Crippen molar-refractivity contribution in [1.29, 1.82) is 0 Å². The predicted molar refractivity (Wildman–Crippen MR) is 113 cm³/mol. The third-order valence-corrected chi connectivity index (χ3v) is 5.85. The fourth-order valence-electron chi connectivity index (χ4n) is 4.19. The molecule has 0 saturated heterocycles. The molecule has 3 aromatic rings. The summed E-state index contributed by atoms with van der Waals surface area (Å²) in [7, 11) is 0. The minimum absolute atomic E-state index is 0.0137. The molecule has 1 amide bonds. The Morgan fingerprint density at radius 1 is 1.07 bits per heavy atom. The first-order chi connectivity index (χ1) is 13.5. The van der Waals surface area contributed by atoms with Crippen LogP contribution in [0.3, 0.4) is 0 Å². The minimum Gasteiger partial charge on any atom is -0.351 e. The molecule has 3 heterocycles.